The lowest BCUT2D eigenvalue weighted by molar-refractivity contribution is -0.136. The molecule has 10 nitrogen and oxygen atoms in total. The molecule has 200 valence electrons. The quantitative estimate of drug-likeness (QED) is 0.520. The predicted octanol–water partition coefficient (Wildman–Crippen LogP) is 2.42. The lowest BCUT2D eigenvalue weighted by Gasteiger charge is -2.47. The highest BCUT2D eigenvalue weighted by Gasteiger charge is 2.50. The zero-order valence-electron chi connectivity index (χ0n) is 22.5. The van der Waals surface area contributed by atoms with Gasteiger partial charge >= 0.3 is 0 Å². The van der Waals surface area contributed by atoms with Crippen molar-refractivity contribution in [3.8, 4) is 17.3 Å². The first kappa shape index (κ1) is 24.1. The highest BCUT2D eigenvalue weighted by molar-refractivity contribution is 5.97. The average Bonchev–Trinajstić information content (AvgIpc) is 3.69. The summed E-state index contributed by atoms with van der Waals surface area (Å²) >= 11 is 0. The Morgan fingerprint density at radius 1 is 1.15 bits per heavy atom. The first-order valence-electron chi connectivity index (χ1n) is 13.7. The fourth-order valence-electron chi connectivity index (χ4n) is 7.35. The topological polar surface area (TPSA) is 108 Å². The van der Waals surface area contributed by atoms with Crippen molar-refractivity contribution in [2.75, 3.05) is 69.2 Å². The number of rotatable bonds is 4. The second-order valence-electron chi connectivity index (χ2n) is 12.0. The van der Waals surface area contributed by atoms with Crippen molar-refractivity contribution in [1.82, 2.24) is 30.0 Å². The smallest absolute Gasteiger partial charge is 0.245 e. The van der Waals surface area contributed by atoms with Gasteiger partial charge in [-0.2, -0.15) is 15.3 Å². The van der Waals surface area contributed by atoms with Crippen molar-refractivity contribution in [2.24, 2.45) is 17.3 Å². The van der Waals surface area contributed by atoms with Crippen molar-refractivity contribution in [3.63, 3.8) is 0 Å². The van der Waals surface area contributed by atoms with Gasteiger partial charge in [0.05, 0.1) is 17.4 Å². The van der Waals surface area contributed by atoms with Crippen molar-refractivity contribution < 1.29 is 4.79 Å². The van der Waals surface area contributed by atoms with Crippen LogP contribution in [0.1, 0.15) is 17.5 Å². The maximum Gasteiger partial charge on any atom is 0.245 e. The Kier molecular flexibility index (Phi) is 5.42. The van der Waals surface area contributed by atoms with E-state index in [1.165, 1.54) is 6.08 Å². The molecule has 7 rings (SSSR count). The maximum atomic E-state index is 12.1. The van der Waals surface area contributed by atoms with E-state index in [1.54, 1.807) is 0 Å². The molecule has 39 heavy (non-hydrogen) atoms. The third-order valence-corrected chi connectivity index (χ3v) is 9.29. The van der Waals surface area contributed by atoms with Gasteiger partial charge in [0.15, 0.2) is 5.82 Å². The Balaban J connectivity index is 1.31. The van der Waals surface area contributed by atoms with Crippen LogP contribution < -0.4 is 9.80 Å². The Bertz CT molecular complexity index is 1520. The summed E-state index contributed by atoms with van der Waals surface area (Å²) in [5.74, 6) is 2.61. The van der Waals surface area contributed by atoms with E-state index in [4.69, 9.17) is 9.97 Å². The summed E-state index contributed by atoms with van der Waals surface area (Å²) in [6.45, 7) is 12.7. The van der Waals surface area contributed by atoms with Gasteiger partial charge in [-0.3, -0.25) is 9.89 Å². The largest absolute Gasteiger partial charge is 0.355 e. The van der Waals surface area contributed by atoms with Gasteiger partial charge in [0.25, 0.3) is 0 Å². The molecular formula is C29H33N9O. The molecule has 1 spiro atoms. The van der Waals surface area contributed by atoms with Crippen LogP contribution in [-0.4, -0.2) is 95.3 Å². The van der Waals surface area contributed by atoms with Gasteiger partial charge < -0.3 is 19.6 Å². The molecule has 4 aliphatic rings. The van der Waals surface area contributed by atoms with E-state index < -0.39 is 0 Å². The number of aryl methyl sites for hydroxylation is 1. The molecular weight excluding hydrogens is 490 g/mol. The second-order valence-corrected chi connectivity index (χ2v) is 12.0. The summed E-state index contributed by atoms with van der Waals surface area (Å²) in [7, 11) is 2.19. The van der Waals surface area contributed by atoms with Crippen LogP contribution in [0.2, 0.25) is 0 Å². The van der Waals surface area contributed by atoms with Crippen LogP contribution in [0.25, 0.3) is 22.2 Å². The zero-order valence-corrected chi connectivity index (χ0v) is 22.5. The number of nitrogens with zero attached hydrogens (tertiary/aromatic N) is 8. The molecule has 10 heteroatoms. The minimum Gasteiger partial charge on any atom is -0.355 e. The molecule has 1 amide bonds. The highest BCUT2D eigenvalue weighted by atomic mass is 16.2. The molecule has 1 aromatic carbocycles. The van der Waals surface area contributed by atoms with Crippen LogP contribution in [-0.2, 0) is 4.79 Å². The van der Waals surface area contributed by atoms with Crippen LogP contribution >= 0.6 is 0 Å². The van der Waals surface area contributed by atoms with Crippen molar-refractivity contribution >= 4 is 28.6 Å². The van der Waals surface area contributed by atoms with E-state index in [2.05, 4.69) is 57.6 Å². The summed E-state index contributed by atoms with van der Waals surface area (Å²) in [6, 6.07) is 6.56. The minimum atomic E-state index is -0.0164. The molecule has 2 aromatic heterocycles. The van der Waals surface area contributed by atoms with Gasteiger partial charge in [-0.1, -0.05) is 12.6 Å². The molecule has 0 bridgehead atoms. The predicted molar refractivity (Wildman–Crippen MR) is 149 cm³/mol. The Morgan fingerprint density at radius 2 is 1.92 bits per heavy atom. The number of carbonyl (C=O) groups is 1. The number of aromatic amines is 1. The van der Waals surface area contributed by atoms with E-state index >= 15 is 0 Å². The summed E-state index contributed by atoms with van der Waals surface area (Å²) in [4.78, 5) is 31.2. The summed E-state index contributed by atoms with van der Waals surface area (Å²) in [5.41, 5.74) is 4.11. The Hall–Kier alpha value is -3.97. The molecule has 4 fully saturated rings. The molecule has 0 aliphatic carbocycles. The lowest BCUT2D eigenvalue weighted by Crippen LogP contribution is -2.59. The third kappa shape index (κ3) is 3.79. The van der Waals surface area contributed by atoms with Gasteiger partial charge in [-0.15, -0.1) is 0 Å². The van der Waals surface area contributed by atoms with Crippen molar-refractivity contribution in [3.05, 3.63) is 42.1 Å². The fraction of sp³-hybridized carbons (Fsp3) is 0.483. The van der Waals surface area contributed by atoms with Gasteiger partial charge in [0.1, 0.15) is 11.6 Å². The molecule has 2 unspecified atom stereocenters. The number of hydrogen-bond acceptors (Lipinski definition) is 8. The van der Waals surface area contributed by atoms with E-state index in [0.29, 0.717) is 34.9 Å². The van der Waals surface area contributed by atoms with Crippen LogP contribution in [0.4, 0.5) is 11.8 Å². The average molecular weight is 524 g/mol. The Labute approximate surface area is 227 Å². The molecule has 2 atom stereocenters. The number of likely N-dealkylation sites (tertiary alicyclic amines) is 2. The van der Waals surface area contributed by atoms with E-state index in [-0.39, 0.29) is 11.3 Å². The second kappa shape index (κ2) is 8.78. The summed E-state index contributed by atoms with van der Waals surface area (Å²) in [5, 5.41) is 18.8. The highest BCUT2D eigenvalue weighted by Crippen LogP contribution is 2.44. The first-order valence-corrected chi connectivity index (χ1v) is 13.7. The summed E-state index contributed by atoms with van der Waals surface area (Å²) < 4.78 is 0. The Morgan fingerprint density at radius 3 is 2.64 bits per heavy atom. The van der Waals surface area contributed by atoms with E-state index in [0.717, 1.165) is 80.8 Å². The van der Waals surface area contributed by atoms with Crippen LogP contribution in [0.5, 0.6) is 0 Å². The van der Waals surface area contributed by atoms with E-state index in [1.807, 2.05) is 17.2 Å². The third-order valence-electron chi connectivity index (χ3n) is 9.29. The maximum absolute atomic E-state index is 12.1. The molecule has 0 radical (unpaired) electrons. The molecule has 4 aliphatic heterocycles. The number of anilines is 2. The standard InChI is InChI=1S/C29H33N9O/c1-4-24(39)38-16-29(17-38)7-8-36(15-29)27-21(9-30)26(25-18(2)5-6-23-22(25)10-31-34-23)32-28(33-27)37-13-19-11-35(3)12-20(19)14-37/h4-6,10,19-20H,1,7-8,11-17H2,2-3H3,(H,31,34). The minimum absolute atomic E-state index is 0.0164. The first-order chi connectivity index (χ1) is 18.9. The molecule has 0 saturated carbocycles. The number of carbonyl (C=O) groups excluding carboxylic acids is 1. The lowest BCUT2D eigenvalue weighted by atomic mass is 9.79. The number of hydrogen-bond donors (Lipinski definition) is 1. The number of aromatic nitrogens is 4. The van der Waals surface area contributed by atoms with Gasteiger partial charge in [0, 0.05) is 68.7 Å². The molecule has 3 aromatic rings. The normalized spacial score (nSPS) is 23.9. The number of fused-ring (bicyclic) bond motifs is 2. The number of amides is 1. The van der Waals surface area contributed by atoms with Gasteiger partial charge in [-0.05, 0) is 49.9 Å². The monoisotopic (exact) mass is 523 g/mol. The summed E-state index contributed by atoms with van der Waals surface area (Å²) in [6.07, 6.45) is 4.17. The molecule has 1 N–H and O–H groups in total. The fourth-order valence-corrected chi connectivity index (χ4v) is 7.35. The van der Waals surface area contributed by atoms with Crippen LogP contribution in [0, 0.1) is 35.5 Å². The molecule has 6 heterocycles. The van der Waals surface area contributed by atoms with Crippen molar-refractivity contribution in [1.29, 1.82) is 5.26 Å². The number of nitriles is 1. The van der Waals surface area contributed by atoms with E-state index in [9.17, 15) is 10.1 Å². The van der Waals surface area contributed by atoms with Crippen LogP contribution in [0.15, 0.2) is 31.0 Å². The van der Waals surface area contributed by atoms with Crippen molar-refractivity contribution in [2.45, 2.75) is 13.3 Å². The van der Waals surface area contributed by atoms with Crippen LogP contribution in [0.3, 0.4) is 0 Å². The number of H-pyrrole nitrogens is 1. The molecule has 4 saturated heterocycles. The van der Waals surface area contributed by atoms with Gasteiger partial charge in [-0.25, -0.2) is 4.98 Å². The number of benzene rings is 1. The van der Waals surface area contributed by atoms with Gasteiger partial charge in [0.2, 0.25) is 11.9 Å². The SMILES string of the molecule is C=CC(=O)N1CC2(CCN(c3nc(N4CC5CN(C)CC5C4)nc(-c4c(C)ccc5[nH]ncc45)c3C#N)C2)C1. The zero-order chi connectivity index (χ0) is 26.9. The number of nitrogens with one attached hydrogen (secondary N) is 1.